The zero-order valence-corrected chi connectivity index (χ0v) is 29.4. The monoisotopic (exact) mass is 690 g/mol. The lowest BCUT2D eigenvalue weighted by molar-refractivity contribution is 0.664. The third kappa shape index (κ3) is 4.86. The maximum atomic E-state index is 7.01. The van der Waals surface area contributed by atoms with E-state index < -0.39 is 0 Å². The Labute approximate surface area is 313 Å². The van der Waals surface area contributed by atoms with Crippen LogP contribution in [-0.4, -0.2) is 11.0 Å². The van der Waals surface area contributed by atoms with Crippen LogP contribution in [0.5, 0.6) is 0 Å². The number of anilines is 2. The number of hydrogen-bond acceptors (Lipinski definition) is 3. The van der Waals surface area contributed by atoms with Crippen LogP contribution in [0.4, 0.5) is 11.4 Å². The lowest BCUT2D eigenvalue weighted by Crippen LogP contribution is -2.29. The first-order valence-corrected chi connectivity index (χ1v) is 18.6. The summed E-state index contributed by atoms with van der Waals surface area (Å²) in [6.07, 6.45) is 7.14. The normalized spacial score (nSPS) is 16.1. The molecule has 0 radical (unpaired) electrons. The number of hydrogen-bond donors (Lipinski definition) is 0. The van der Waals surface area contributed by atoms with E-state index in [1.807, 2.05) is 6.07 Å². The number of pyridine rings is 1. The molecule has 0 fully saturated rings. The average Bonchev–Trinajstić information content (AvgIpc) is 3.79. The van der Waals surface area contributed by atoms with E-state index in [1.54, 1.807) is 0 Å². The minimum atomic E-state index is 0.0714. The molecule has 0 spiro atoms. The van der Waals surface area contributed by atoms with Crippen molar-refractivity contribution in [2.75, 3.05) is 4.90 Å². The van der Waals surface area contributed by atoms with Gasteiger partial charge in [0.2, 0.25) is 0 Å². The standard InChI is InChI=1S/C51H34N2O/c1-4-14-33(15-5-1)36-26-28-39-40-29-27-37(34-16-6-2-7-17-34)31-48(40)53(47(39)30-36)46-24-12-22-42-50-41(21-13-25-49(50)54-51(42)46)43-32-45(35-18-8-3-9-19-35)52-44-23-11-10-20-38(43)44/h1-32,39,47H. The van der Waals surface area contributed by atoms with Gasteiger partial charge in [-0.15, -0.1) is 0 Å². The first-order chi connectivity index (χ1) is 26.8. The summed E-state index contributed by atoms with van der Waals surface area (Å²) < 4.78 is 7.01. The summed E-state index contributed by atoms with van der Waals surface area (Å²) >= 11 is 0. The Hall–Kier alpha value is -6.97. The van der Waals surface area contributed by atoms with Crippen molar-refractivity contribution in [2.45, 2.75) is 12.0 Å². The fourth-order valence-electron chi connectivity index (χ4n) is 8.71. The molecule has 3 heterocycles. The summed E-state index contributed by atoms with van der Waals surface area (Å²) in [5, 5.41) is 3.33. The topological polar surface area (TPSA) is 29.3 Å². The van der Waals surface area contributed by atoms with Gasteiger partial charge >= 0.3 is 0 Å². The molecule has 9 aromatic rings. The van der Waals surface area contributed by atoms with E-state index in [9.17, 15) is 0 Å². The van der Waals surface area contributed by atoms with Gasteiger partial charge in [0.15, 0.2) is 5.58 Å². The summed E-state index contributed by atoms with van der Waals surface area (Å²) in [5.41, 5.74) is 15.5. The smallest absolute Gasteiger partial charge is 0.159 e. The van der Waals surface area contributed by atoms with E-state index in [-0.39, 0.29) is 12.0 Å². The molecule has 54 heavy (non-hydrogen) atoms. The number of fused-ring (bicyclic) bond motifs is 7. The van der Waals surface area contributed by atoms with Crippen LogP contribution < -0.4 is 4.90 Å². The van der Waals surface area contributed by atoms with Crippen LogP contribution in [0.25, 0.3) is 71.9 Å². The van der Waals surface area contributed by atoms with Gasteiger partial charge in [-0.1, -0.05) is 164 Å². The maximum Gasteiger partial charge on any atom is 0.159 e. The second-order valence-corrected chi connectivity index (χ2v) is 14.2. The molecule has 3 heteroatoms. The molecule has 0 saturated carbocycles. The van der Waals surface area contributed by atoms with Gasteiger partial charge in [0.1, 0.15) is 5.58 Å². The number of allylic oxidation sites excluding steroid dienone is 2. The molecule has 2 aliphatic rings. The van der Waals surface area contributed by atoms with Crippen LogP contribution in [0.1, 0.15) is 17.0 Å². The van der Waals surface area contributed by atoms with Gasteiger partial charge in [-0.25, -0.2) is 4.98 Å². The van der Waals surface area contributed by atoms with Crippen molar-refractivity contribution in [2.24, 2.45) is 0 Å². The Morgan fingerprint density at radius 3 is 2.04 bits per heavy atom. The number of nitrogens with zero attached hydrogens (tertiary/aromatic N) is 2. The second-order valence-electron chi connectivity index (χ2n) is 14.2. The molecular weight excluding hydrogens is 657 g/mol. The number of aromatic nitrogens is 1. The van der Waals surface area contributed by atoms with Crippen molar-refractivity contribution in [3.05, 3.63) is 205 Å². The van der Waals surface area contributed by atoms with Gasteiger partial charge in [-0.05, 0) is 69.3 Å². The highest BCUT2D eigenvalue weighted by molar-refractivity contribution is 6.18. The molecule has 7 aromatic carbocycles. The lowest BCUT2D eigenvalue weighted by atomic mass is 9.86. The Morgan fingerprint density at radius 2 is 1.22 bits per heavy atom. The molecule has 1 aliphatic carbocycles. The zero-order chi connectivity index (χ0) is 35.6. The summed E-state index contributed by atoms with van der Waals surface area (Å²) in [7, 11) is 0. The zero-order valence-electron chi connectivity index (χ0n) is 29.4. The Bertz CT molecular complexity index is 2940. The van der Waals surface area contributed by atoms with Gasteiger partial charge in [0.05, 0.1) is 22.9 Å². The molecule has 11 rings (SSSR count). The summed E-state index contributed by atoms with van der Waals surface area (Å²) in [4.78, 5) is 7.63. The number of para-hydroxylation sites is 2. The Kier molecular flexibility index (Phi) is 6.99. The molecule has 2 aromatic heterocycles. The SMILES string of the molecule is C1=CC2c3ccc(-c4ccccc4)cc3N(c3cccc4c3oc3cccc(-c5cc(-c6ccccc6)nc6ccccc56)c34)C2C=C1c1ccccc1. The molecule has 2 atom stereocenters. The third-order valence-corrected chi connectivity index (χ3v) is 11.2. The van der Waals surface area contributed by atoms with Crippen LogP contribution >= 0.6 is 0 Å². The first kappa shape index (κ1) is 30.6. The predicted octanol–water partition coefficient (Wildman–Crippen LogP) is 13.4. The van der Waals surface area contributed by atoms with Crippen molar-refractivity contribution in [3.63, 3.8) is 0 Å². The minimum absolute atomic E-state index is 0.0714. The van der Waals surface area contributed by atoms with Crippen molar-refractivity contribution in [3.8, 4) is 33.5 Å². The molecule has 1 aliphatic heterocycles. The summed E-state index contributed by atoms with van der Waals surface area (Å²) in [6.45, 7) is 0. The molecular formula is C51H34N2O. The van der Waals surface area contributed by atoms with E-state index in [0.717, 1.165) is 60.9 Å². The van der Waals surface area contributed by atoms with Crippen LogP contribution in [0.3, 0.4) is 0 Å². The van der Waals surface area contributed by atoms with Gasteiger partial charge < -0.3 is 9.32 Å². The predicted molar refractivity (Wildman–Crippen MR) is 224 cm³/mol. The van der Waals surface area contributed by atoms with E-state index in [0.29, 0.717) is 0 Å². The first-order valence-electron chi connectivity index (χ1n) is 18.6. The number of furan rings is 1. The van der Waals surface area contributed by atoms with Crippen molar-refractivity contribution in [1.29, 1.82) is 0 Å². The van der Waals surface area contributed by atoms with Gasteiger partial charge in [0.25, 0.3) is 0 Å². The van der Waals surface area contributed by atoms with Crippen molar-refractivity contribution in [1.82, 2.24) is 4.98 Å². The fourth-order valence-corrected chi connectivity index (χ4v) is 8.71. The average molecular weight is 691 g/mol. The third-order valence-electron chi connectivity index (χ3n) is 11.2. The second kappa shape index (κ2) is 12.3. The highest BCUT2D eigenvalue weighted by Gasteiger charge is 2.40. The highest BCUT2D eigenvalue weighted by atomic mass is 16.3. The molecule has 0 N–H and O–H groups in total. The molecule has 0 bridgehead atoms. The van der Waals surface area contributed by atoms with Gasteiger partial charge in [0, 0.05) is 33.3 Å². The van der Waals surface area contributed by atoms with E-state index >= 15 is 0 Å². The maximum absolute atomic E-state index is 7.01. The Balaban J connectivity index is 1.14. The van der Waals surface area contributed by atoms with Crippen LogP contribution in [0.2, 0.25) is 0 Å². The van der Waals surface area contributed by atoms with E-state index in [4.69, 9.17) is 9.40 Å². The summed E-state index contributed by atoms with van der Waals surface area (Å²) in [5.74, 6) is 0.201. The molecule has 0 amide bonds. The van der Waals surface area contributed by atoms with Crippen LogP contribution in [0.15, 0.2) is 199 Å². The summed E-state index contributed by atoms with van der Waals surface area (Å²) in [6, 6.07) is 62.7. The number of benzene rings is 7. The van der Waals surface area contributed by atoms with Crippen molar-refractivity contribution < 1.29 is 4.42 Å². The lowest BCUT2D eigenvalue weighted by Gasteiger charge is -2.30. The van der Waals surface area contributed by atoms with Crippen molar-refractivity contribution >= 4 is 49.8 Å². The minimum Gasteiger partial charge on any atom is -0.454 e. The molecule has 2 unspecified atom stereocenters. The van der Waals surface area contributed by atoms with Crippen LogP contribution in [-0.2, 0) is 0 Å². The Morgan fingerprint density at radius 1 is 0.519 bits per heavy atom. The largest absolute Gasteiger partial charge is 0.454 e. The van der Waals surface area contributed by atoms with Gasteiger partial charge in [-0.3, -0.25) is 0 Å². The molecule has 3 nitrogen and oxygen atoms in total. The van der Waals surface area contributed by atoms with Crippen LogP contribution in [0, 0.1) is 0 Å². The number of rotatable bonds is 5. The van der Waals surface area contributed by atoms with E-state index in [2.05, 4.69) is 193 Å². The molecule has 254 valence electrons. The fraction of sp³-hybridized carbons (Fsp3) is 0.0392. The molecule has 0 saturated heterocycles. The van der Waals surface area contributed by atoms with Gasteiger partial charge in [-0.2, -0.15) is 0 Å². The quantitative estimate of drug-likeness (QED) is 0.180. The highest BCUT2D eigenvalue weighted by Crippen LogP contribution is 2.53. The van der Waals surface area contributed by atoms with E-state index in [1.165, 1.54) is 33.5 Å².